The second-order valence-electron chi connectivity index (χ2n) is 3.70. The van der Waals surface area contributed by atoms with Crippen molar-refractivity contribution in [3.63, 3.8) is 0 Å². The number of aromatic nitrogens is 2. The second-order valence-corrected chi connectivity index (χ2v) is 4.73. The van der Waals surface area contributed by atoms with E-state index in [1.54, 1.807) is 24.6 Å². The van der Waals surface area contributed by atoms with Crippen LogP contribution in [0, 0.1) is 0 Å². The molecule has 0 aliphatic carbocycles. The number of thiophene rings is 1. The molecule has 6 heteroatoms. The van der Waals surface area contributed by atoms with Gasteiger partial charge in [0.15, 0.2) is 5.96 Å². The molecule has 0 atom stereocenters. The molecule has 0 aliphatic rings. The van der Waals surface area contributed by atoms with Crippen LogP contribution >= 0.6 is 11.3 Å². The molecule has 0 amide bonds. The second kappa shape index (κ2) is 6.80. The smallest absolute Gasteiger partial charge is 0.191 e. The van der Waals surface area contributed by atoms with Crippen LogP contribution in [0.2, 0.25) is 0 Å². The summed E-state index contributed by atoms with van der Waals surface area (Å²) in [5.41, 5.74) is 0. The fourth-order valence-electron chi connectivity index (χ4n) is 1.53. The minimum atomic E-state index is 0.797. The summed E-state index contributed by atoms with van der Waals surface area (Å²) in [4.78, 5) is 5.47. The molecule has 18 heavy (non-hydrogen) atoms. The van der Waals surface area contributed by atoms with Crippen LogP contribution in [-0.4, -0.2) is 29.3 Å². The topological polar surface area (TPSA) is 54.2 Å². The van der Waals surface area contributed by atoms with E-state index >= 15 is 0 Å². The van der Waals surface area contributed by atoms with Crippen LogP contribution in [-0.2, 0) is 13.1 Å². The van der Waals surface area contributed by atoms with Gasteiger partial charge in [0.2, 0.25) is 0 Å². The van der Waals surface area contributed by atoms with E-state index in [-0.39, 0.29) is 0 Å². The number of nitrogens with zero attached hydrogens (tertiary/aromatic N) is 3. The molecule has 0 aliphatic heterocycles. The van der Waals surface area contributed by atoms with Crippen molar-refractivity contribution in [3.8, 4) is 0 Å². The van der Waals surface area contributed by atoms with Crippen LogP contribution in [0.15, 0.2) is 41.0 Å². The van der Waals surface area contributed by atoms with Gasteiger partial charge in [-0.1, -0.05) is 6.07 Å². The van der Waals surface area contributed by atoms with Crippen molar-refractivity contribution in [1.82, 2.24) is 20.4 Å². The van der Waals surface area contributed by atoms with Crippen molar-refractivity contribution in [1.29, 1.82) is 0 Å². The Kier molecular flexibility index (Phi) is 4.78. The third-order valence-electron chi connectivity index (χ3n) is 2.43. The molecule has 2 N–H and O–H groups in total. The molecule has 5 nitrogen and oxygen atoms in total. The quantitative estimate of drug-likeness (QED) is 0.632. The Morgan fingerprint density at radius 3 is 3.06 bits per heavy atom. The average Bonchev–Trinajstić information content (AvgIpc) is 3.06. The highest BCUT2D eigenvalue weighted by atomic mass is 32.1. The number of hydrogen-bond acceptors (Lipinski definition) is 3. The van der Waals surface area contributed by atoms with Crippen molar-refractivity contribution in [2.45, 2.75) is 13.1 Å². The first-order chi connectivity index (χ1) is 8.88. The minimum Gasteiger partial charge on any atom is -0.355 e. The Morgan fingerprint density at radius 2 is 2.39 bits per heavy atom. The predicted octanol–water partition coefficient (Wildman–Crippen LogP) is 1.31. The molecule has 2 aromatic rings. The summed E-state index contributed by atoms with van der Waals surface area (Å²) < 4.78 is 1.89. The summed E-state index contributed by atoms with van der Waals surface area (Å²) >= 11 is 1.74. The zero-order chi connectivity index (χ0) is 12.6. The predicted molar refractivity (Wildman–Crippen MR) is 74.7 cm³/mol. The van der Waals surface area contributed by atoms with E-state index in [0.29, 0.717) is 0 Å². The highest BCUT2D eigenvalue weighted by Gasteiger charge is 1.98. The first-order valence-electron chi connectivity index (χ1n) is 5.83. The van der Waals surface area contributed by atoms with Gasteiger partial charge in [0.05, 0.1) is 13.1 Å². The van der Waals surface area contributed by atoms with E-state index in [2.05, 4.69) is 38.2 Å². The number of nitrogens with one attached hydrogen (secondary N) is 2. The summed E-state index contributed by atoms with van der Waals surface area (Å²) in [6, 6.07) is 6.08. The van der Waals surface area contributed by atoms with E-state index in [4.69, 9.17) is 0 Å². The highest BCUT2D eigenvalue weighted by Crippen LogP contribution is 2.06. The van der Waals surface area contributed by atoms with Crippen molar-refractivity contribution < 1.29 is 0 Å². The van der Waals surface area contributed by atoms with Gasteiger partial charge in [-0.05, 0) is 17.5 Å². The van der Waals surface area contributed by atoms with Gasteiger partial charge < -0.3 is 10.6 Å². The van der Waals surface area contributed by atoms with Gasteiger partial charge in [-0.25, -0.2) is 0 Å². The van der Waals surface area contributed by atoms with Gasteiger partial charge in [0, 0.05) is 30.9 Å². The average molecular weight is 263 g/mol. The minimum absolute atomic E-state index is 0.797. The summed E-state index contributed by atoms with van der Waals surface area (Å²) in [6.07, 6.45) is 3.73. The number of guanidine groups is 1. The zero-order valence-corrected chi connectivity index (χ0v) is 11.2. The molecule has 0 saturated heterocycles. The van der Waals surface area contributed by atoms with Crippen LogP contribution in [0.1, 0.15) is 4.88 Å². The Hall–Kier alpha value is -1.82. The molecule has 2 aromatic heterocycles. The lowest BCUT2D eigenvalue weighted by atomic mass is 10.5. The Balaban J connectivity index is 1.69. The summed E-state index contributed by atoms with van der Waals surface area (Å²) in [5, 5.41) is 12.7. The molecular formula is C12H17N5S. The molecule has 0 fully saturated rings. The lowest BCUT2D eigenvalue weighted by Crippen LogP contribution is -2.38. The van der Waals surface area contributed by atoms with Gasteiger partial charge in [-0.15, -0.1) is 11.3 Å². The normalized spacial score (nSPS) is 11.5. The van der Waals surface area contributed by atoms with E-state index in [1.807, 2.05) is 16.9 Å². The molecule has 0 spiro atoms. The molecule has 0 unspecified atom stereocenters. The monoisotopic (exact) mass is 263 g/mol. The maximum atomic E-state index is 4.18. The van der Waals surface area contributed by atoms with E-state index in [9.17, 15) is 0 Å². The first-order valence-corrected chi connectivity index (χ1v) is 6.71. The van der Waals surface area contributed by atoms with Crippen LogP contribution in [0.5, 0.6) is 0 Å². The van der Waals surface area contributed by atoms with Crippen LogP contribution < -0.4 is 10.6 Å². The first kappa shape index (κ1) is 12.6. The third kappa shape index (κ3) is 3.89. The maximum Gasteiger partial charge on any atom is 0.191 e. The molecule has 0 saturated carbocycles. The Labute approximate surface area is 111 Å². The van der Waals surface area contributed by atoms with Crippen LogP contribution in [0.25, 0.3) is 0 Å². The van der Waals surface area contributed by atoms with Gasteiger partial charge in [-0.3, -0.25) is 9.67 Å². The SMILES string of the molecule is CN=C(NCCn1cccn1)NCc1cccs1. The summed E-state index contributed by atoms with van der Waals surface area (Å²) in [6.45, 7) is 2.43. The summed E-state index contributed by atoms with van der Waals surface area (Å²) in [7, 11) is 1.78. The summed E-state index contributed by atoms with van der Waals surface area (Å²) in [5.74, 6) is 0.815. The Bertz CT molecular complexity index is 461. The molecule has 0 bridgehead atoms. The standard InChI is InChI=1S/C12H17N5S/c1-13-12(15-10-11-4-2-9-18-11)14-6-8-17-7-3-5-16-17/h2-5,7,9H,6,8,10H2,1H3,(H2,13,14,15). The maximum absolute atomic E-state index is 4.18. The van der Waals surface area contributed by atoms with Crippen molar-refractivity contribution in [2.75, 3.05) is 13.6 Å². The molecule has 2 heterocycles. The molecule has 0 radical (unpaired) electrons. The highest BCUT2D eigenvalue weighted by molar-refractivity contribution is 7.09. The largest absolute Gasteiger partial charge is 0.355 e. The lowest BCUT2D eigenvalue weighted by molar-refractivity contribution is 0.598. The molecule has 2 rings (SSSR count). The molecule has 0 aromatic carbocycles. The van der Waals surface area contributed by atoms with Crippen molar-refractivity contribution in [2.24, 2.45) is 4.99 Å². The van der Waals surface area contributed by atoms with Crippen LogP contribution in [0.3, 0.4) is 0 Å². The molecule has 96 valence electrons. The fourth-order valence-corrected chi connectivity index (χ4v) is 2.17. The molecular weight excluding hydrogens is 246 g/mol. The zero-order valence-electron chi connectivity index (χ0n) is 10.3. The van der Waals surface area contributed by atoms with E-state index < -0.39 is 0 Å². The van der Waals surface area contributed by atoms with Gasteiger partial charge >= 0.3 is 0 Å². The number of aliphatic imine (C=N–C) groups is 1. The Morgan fingerprint density at radius 1 is 1.44 bits per heavy atom. The van der Waals surface area contributed by atoms with Gasteiger partial charge in [0.25, 0.3) is 0 Å². The third-order valence-corrected chi connectivity index (χ3v) is 3.30. The number of rotatable bonds is 5. The van der Waals surface area contributed by atoms with E-state index in [1.165, 1.54) is 4.88 Å². The van der Waals surface area contributed by atoms with E-state index in [0.717, 1.165) is 25.6 Å². The fraction of sp³-hybridized carbons (Fsp3) is 0.333. The van der Waals surface area contributed by atoms with Gasteiger partial charge in [0.1, 0.15) is 0 Å². The van der Waals surface area contributed by atoms with Crippen molar-refractivity contribution >= 4 is 17.3 Å². The van der Waals surface area contributed by atoms with Crippen LogP contribution in [0.4, 0.5) is 0 Å². The lowest BCUT2D eigenvalue weighted by Gasteiger charge is -2.11. The number of hydrogen-bond donors (Lipinski definition) is 2. The van der Waals surface area contributed by atoms with Crippen molar-refractivity contribution in [3.05, 3.63) is 40.8 Å². The van der Waals surface area contributed by atoms with Gasteiger partial charge in [-0.2, -0.15) is 5.10 Å².